The maximum atomic E-state index is 11.7. The Morgan fingerprint density at radius 2 is 1.73 bits per heavy atom. The first-order valence-electron chi connectivity index (χ1n) is 4.53. The van der Waals surface area contributed by atoms with E-state index in [0.29, 0.717) is 6.42 Å². The molecule has 0 bridgehead atoms. The molecule has 0 radical (unpaired) electrons. The second-order valence-corrected chi connectivity index (χ2v) is 5.52. The van der Waals surface area contributed by atoms with Crippen molar-refractivity contribution in [2.45, 2.75) is 16.2 Å². The third kappa shape index (κ3) is 3.85. The van der Waals surface area contributed by atoms with E-state index in [4.69, 9.17) is 0 Å². The summed E-state index contributed by atoms with van der Waals surface area (Å²) in [6.45, 7) is 0. The zero-order valence-corrected chi connectivity index (χ0v) is 12.0. The van der Waals surface area contributed by atoms with Gasteiger partial charge in [-0.2, -0.15) is 0 Å². The number of rotatable bonds is 5. The maximum absolute atomic E-state index is 11.7. The topological polar surface area (TPSA) is 17.1 Å². The van der Waals surface area contributed by atoms with Crippen molar-refractivity contribution in [3.63, 3.8) is 0 Å². The minimum Gasteiger partial charge on any atom is -0.294 e. The SMILES string of the molecule is CSc1cc(SC)cc(C(=O)CCBr)c1. The number of hydrogen-bond donors (Lipinski definition) is 0. The van der Waals surface area contributed by atoms with Crippen LogP contribution >= 0.6 is 39.5 Å². The van der Waals surface area contributed by atoms with Gasteiger partial charge in [0, 0.05) is 27.1 Å². The average molecular weight is 305 g/mol. The number of thioether (sulfide) groups is 2. The molecule has 0 aliphatic heterocycles. The highest BCUT2D eigenvalue weighted by Crippen LogP contribution is 2.25. The lowest BCUT2D eigenvalue weighted by atomic mass is 10.1. The Labute approximate surface area is 108 Å². The van der Waals surface area contributed by atoms with Crippen LogP contribution in [0.4, 0.5) is 0 Å². The van der Waals surface area contributed by atoms with Crippen molar-refractivity contribution >= 4 is 45.2 Å². The molecule has 0 heterocycles. The smallest absolute Gasteiger partial charge is 0.163 e. The Morgan fingerprint density at radius 3 is 2.13 bits per heavy atom. The molecule has 1 aromatic carbocycles. The van der Waals surface area contributed by atoms with Crippen molar-refractivity contribution < 1.29 is 4.79 Å². The highest BCUT2D eigenvalue weighted by Gasteiger charge is 2.07. The summed E-state index contributed by atoms with van der Waals surface area (Å²) >= 11 is 6.63. The van der Waals surface area contributed by atoms with Crippen LogP contribution in [0.1, 0.15) is 16.8 Å². The second kappa shape index (κ2) is 6.61. The standard InChI is InChI=1S/C11H13BrOS2/c1-14-9-5-8(11(13)3-4-12)6-10(7-9)15-2/h5-7H,3-4H2,1-2H3. The summed E-state index contributed by atoms with van der Waals surface area (Å²) in [6.07, 6.45) is 4.61. The molecule has 0 unspecified atom stereocenters. The van der Waals surface area contributed by atoms with E-state index >= 15 is 0 Å². The van der Waals surface area contributed by atoms with Crippen LogP contribution in [-0.4, -0.2) is 23.6 Å². The average Bonchev–Trinajstić information content (AvgIpc) is 2.28. The van der Waals surface area contributed by atoms with Crippen molar-refractivity contribution in [3.8, 4) is 0 Å². The van der Waals surface area contributed by atoms with Gasteiger partial charge in [0.1, 0.15) is 0 Å². The molecule has 0 atom stereocenters. The van der Waals surface area contributed by atoms with Gasteiger partial charge in [-0.3, -0.25) is 4.79 Å². The Balaban J connectivity index is 3.01. The molecule has 0 aliphatic carbocycles. The fourth-order valence-electron chi connectivity index (χ4n) is 1.20. The summed E-state index contributed by atoms with van der Waals surface area (Å²) < 4.78 is 0. The number of ketones is 1. The van der Waals surface area contributed by atoms with E-state index in [1.807, 2.05) is 24.6 Å². The number of carbonyl (C=O) groups excluding carboxylic acids is 1. The van der Waals surface area contributed by atoms with Gasteiger partial charge in [0.05, 0.1) is 0 Å². The Hall–Kier alpha value is 0.0700. The zero-order valence-electron chi connectivity index (χ0n) is 8.75. The molecule has 0 spiro atoms. The number of benzene rings is 1. The fraction of sp³-hybridized carbons (Fsp3) is 0.364. The lowest BCUT2D eigenvalue weighted by Gasteiger charge is -2.05. The second-order valence-electron chi connectivity index (χ2n) is 2.96. The van der Waals surface area contributed by atoms with Crippen LogP contribution in [0.2, 0.25) is 0 Å². The summed E-state index contributed by atoms with van der Waals surface area (Å²) in [5.41, 5.74) is 0.825. The highest BCUT2D eigenvalue weighted by atomic mass is 79.9. The van der Waals surface area contributed by atoms with Gasteiger partial charge in [-0.25, -0.2) is 0 Å². The van der Waals surface area contributed by atoms with Crippen LogP contribution in [0, 0.1) is 0 Å². The summed E-state index contributed by atoms with van der Waals surface area (Å²) in [6, 6.07) is 6.05. The van der Waals surface area contributed by atoms with Crippen molar-refractivity contribution in [3.05, 3.63) is 23.8 Å². The first-order valence-corrected chi connectivity index (χ1v) is 8.10. The molecular weight excluding hydrogens is 292 g/mol. The molecular formula is C11H13BrOS2. The van der Waals surface area contributed by atoms with E-state index in [9.17, 15) is 4.79 Å². The van der Waals surface area contributed by atoms with Crippen LogP contribution in [0.25, 0.3) is 0 Å². The Morgan fingerprint density at radius 1 is 1.20 bits per heavy atom. The minimum absolute atomic E-state index is 0.207. The molecule has 1 aromatic rings. The normalized spacial score (nSPS) is 10.3. The van der Waals surface area contributed by atoms with E-state index in [0.717, 1.165) is 20.7 Å². The minimum atomic E-state index is 0.207. The van der Waals surface area contributed by atoms with Crippen LogP contribution in [0.15, 0.2) is 28.0 Å². The number of carbonyl (C=O) groups is 1. The molecule has 0 aromatic heterocycles. The van der Waals surface area contributed by atoms with Crippen molar-refractivity contribution in [2.75, 3.05) is 17.8 Å². The van der Waals surface area contributed by atoms with Crippen LogP contribution in [-0.2, 0) is 0 Å². The van der Waals surface area contributed by atoms with Gasteiger partial charge < -0.3 is 0 Å². The van der Waals surface area contributed by atoms with Crippen molar-refractivity contribution in [1.29, 1.82) is 0 Å². The third-order valence-electron chi connectivity index (χ3n) is 1.99. The summed E-state index contributed by atoms with van der Waals surface area (Å²) in [5.74, 6) is 0.207. The van der Waals surface area contributed by atoms with Crippen LogP contribution in [0.5, 0.6) is 0 Å². The van der Waals surface area contributed by atoms with Gasteiger partial charge in [-0.15, -0.1) is 23.5 Å². The van der Waals surface area contributed by atoms with Crippen LogP contribution in [0.3, 0.4) is 0 Å². The fourth-order valence-corrected chi connectivity index (χ4v) is 2.61. The summed E-state index contributed by atoms with van der Waals surface area (Å²) in [4.78, 5) is 14.0. The van der Waals surface area contributed by atoms with E-state index < -0.39 is 0 Å². The van der Waals surface area contributed by atoms with E-state index in [1.165, 1.54) is 0 Å². The van der Waals surface area contributed by atoms with Gasteiger partial charge >= 0.3 is 0 Å². The van der Waals surface area contributed by atoms with Crippen molar-refractivity contribution in [2.24, 2.45) is 0 Å². The number of alkyl halides is 1. The van der Waals surface area contributed by atoms with Crippen LogP contribution < -0.4 is 0 Å². The quantitative estimate of drug-likeness (QED) is 0.463. The molecule has 0 saturated carbocycles. The van der Waals surface area contributed by atoms with Gasteiger partial charge in [-0.1, -0.05) is 15.9 Å². The first kappa shape index (κ1) is 13.1. The molecule has 0 N–H and O–H groups in total. The Kier molecular flexibility index (Phi) is 5.79. The number of halogens is 1. The van der Waals surface area contributed by atoms with Gasteiger partial charge in [0.25, 0.3) is 0 Å². The lowest BCUT2D eigenvalue weighted by Crippen LogP contribution is -1.99. The molecule has 0 saturated heterocycles. The largest absolute Gasteiger partial charge is 0.294 e. The van der Waals surface area contributed by atoms with Gasteiger partial charge in [-0.05, 0) is 30.7 Å². The molecule has 0 fully saturated rings. The molecule has 4 heteroatoms. The zero-order chi connectivity index (χ0) is 11.3. The molecule has 15 heavy (non-hydrogen) atoms. The molecule has 1 nitrogen and oxygen atoms in total. The monoisotopic (exact) mass is 304 g/mol. The van der Waals surface area contributed by atoms with E-state index in [2.05, 4.69) is 22.0 Å². The Bertz CT molecular complexity index is 330. The molecule has 1 rings (SSSR count). The first-order chi connectivity index (χ1) is 7.21. The van der Waals surface area contributed by atoms with Gasteiger partial charge in [0.15, 0.2) is 5.78 Å². The molecule has 0 amide bonds. The number of Topliss-reactive ketones (excluding diaryl/α,β-unsaturated/α-hetero) is 1. The van der Waals surface area contributed by atoms with Crippen molar-refractivity contribution in [1.82, 2.24) is 0 Å². The third-order valence-corrected chi connectivity index (χ3v) is 3.81. The summed E-state index contributed by atoms with van der Waals surface area (Å²) in [5, 5.41) is 0.726. The predicted molar refractivity (Wildman–Crippen MR) is 72.7 cm³/mol. The predicted octanol–water partition coefficient (Wildman–Crippen LogP) is 4.10. The van der Waals surface area contributed by atoms with Gasteiger partial charge in [0.2, 0.25) is 0 Å². The number of hydrogen-bond acceptors (Lipinski definition) is 3. The van der Waals surface area contributed by atoms with E-state index in [-0.39, 0.29) is 5.78 Å². The molecule has 82 valence electrons. The summed E-state index contributed by atoms with van der Waals surface area (Å²) in [7, 11) is 0. The van der Waals surface area contributed by atoms with E-state index in [1.54, 1.807) is 23.5 Å². The maximum Gasteiger partial charge on any atom is 0.163 e. The highest BCUT2D eigenvalue weighted by molar-refractivity contribution is 9.09. The lowest BCUT2D eigenvalue weighted by molar-refractivity contribution is 0.0989. The molecule has 0 aliphatic rings.